The molecular weight excluding hydrogens is 328 g/mol. The van der Waals surface area contributed by atoms with Gasteiger partial charge in [-0.1, -0.05) is 12.1 Å². The molecule has 3 aromatic rings. The molecule has 1 heterocycles. The molecule has 0 saturated carbocycles. The lowest BCUT2D eigenvalue weighted by molar-refractivity contribution is -0.384. The molecule has 0 atom stereocenters. The van der Waals surface area contributed by atoms with Gasteiger partial charge in [0, 0.05) is 17.7 Å². The van der Waals surface area contributed by atoms with Gasteiger partial charge in [-0.15, -0.1) is 4.68 Å². The third-order valence-corrected chi connectivity index (χ3v) is 3.62. The number of aromatic amines is 1. The summed E-state index contributed by atoms with van der Waals surface area (Å²) in [6.45, 7) is 1.49. The number of H-pyrrole nitrogens is 1. The summed E-state index contributed by atoms with van der Waals surface area (Å²) in [7, 11) is 0. The fourth-order valence-corrected chi connectivity index (χ4v) is 2.37. The summed E-state index contributed by atoms with van der Waals surface area (Å²) in [6, 6.07) is 8.76. The molecule has 0 saturated heterocycles. The SMILES string of the molecule is Cc1cc([N+](=O)[O-])cc(/C=N/n2c(=O)[nH]c3ccccc3c2=O)c1O. The normalized spacial score (nSPS) is 11.2. The number of nitrogens with one attached hydrogen (secondary N) is 1. The Kier molecular flexibility index (Phi) is 3.89. The lowest BCUT2D eigenvalue weighted by Gasteiger charge is -2.04. The van der Waals surface area contributed by atoms with Gasteiger partial charge in [0.15, 0.2) is 0 Å². The minimum absolute atomic E-state index is 0.0196. The number of fused-ring (bicyclic) bond motifs is 1. The van der Waals surface area contributed by atoms with Crippen molar-refractivity contribution in [3.05, 3.63) is 78.5 Å². The number of nitro groups is 1. The van der Waals surface area contributed by atoms with E-state index >= 15 is 0 Å². The van der Waals surface area contributed by atoms with E-state index in [1.54, 1.807) is 18.2 Å². The Morgan fingerprint density at radius 2 is 2.00 bits per heavy atom. The maximum atomic E-state index is 12.4. The van der Waals surface area contributed by atoms with E-state index in [0.717, 1.165) is 12.3 Å². The number of hydrogen-bond acceptors (Lipinski definition) is 6. The molecule has 1 aromatic heterocycles. The van der Waals surface area contributed by atoms with E-state index in [-0.39, 0.29) is 28.0 Å². The molecule has 0 amide bonds. The summed E-state index contributed by atoms with van der Waals surface area (Å²) in [5, 5.41) is 25.0. The highest BCUT2D eigenvalue weighted by Crippen LogP contribution is 2.26. The maximum absolute atomic E-state index is 12.4. The molecule has 0 aliphatic rings. The molecule has 126 valence electrons. The highest BCUT2D eigenvalue weighted by Gasteiger charge is 2.13. The van der Waals surface area contributed by atoms with Crippen LogP contribution in [0.15, 0.2) is 51.1 Å². The Morgan fingerprint density at radius 1 is 1.28 bits per heavy atom. The number of para-hydroxylation sites is 1. The summed E-state index contributed by atoms with van der Waals surface area (Å²) in [5.41, 5.74) is -0.977. The lowest BCUT2D eigenvalue weighted by Crippen LogP contribution is -2.32. The first-order valence-electron chi connectivity index (χ1n) is 7.15. The van der Waals surface area contributed by atoms with Crippen LogP contribution < -0.4 is 11.2 Å². The van der Waals surface area contributed by atoms with Crippen molar-refractivity contribution in [1.82, 2.24) is 9.66 Å². The number of benzene rings is 2. The number of phenols is 1. The van der Waals surface area contributed by atoms with E-state index in [0.29, 0.717) is 10.2 Å². The number of phenolic OH excluding ortho intramolecular Hbond substituents is 1. The molecule has 0 unspecified atom stereocenters. The molecule has 2 aromatic carbocycles. The summed E-state index contributed by atoms with van der Waals surface area (Å²) >= 11 is 0. The van der Waals surface area contributed by atoms with Gasteiger partial charge in [-0.2, -0.15) is 5.10 Å². The number of aromatic nitrogens is 2. The van der Waals surface area contributed by atoms with Crippen LogP contribution >= 0.6 is 0 Å². The third-order valence-electron chi connectivity index (χ3n) is 3.62. The van der Waals surface area contributed by atoms with Gasteiger partial charge in [-0.3, -0.25) is 14.9 Å². The molecule has 0 fully saturated rings. The van der Waals surface area contributed by atoms with Gasteiger partial charge in [-0.05, 0) is 24.6 Å². The van der Waals surface area contributed by atoms with Crippen LogP contribution in [0.2, 0.25) is 0 Å². The first-order valence-corrected chi connectivity index (χ1v) is 7.15. The monoisotopic (exact) mass is 340 g/mol. The van der Waals surface area contributed by atoms with Crippen LogP contribution in [-0.4, -0.2) is 25.9 Å². The van der Waals surface area contributed by atoms with Crippen molar-refractivity contribution in [2.75, 3.05) is 0 Å². The van der Waals surface area contributed by atoms with E-state index < -0.39 is 16.2 Å². The summed E-state index contributed by atoms with van der Waals surface area (Å²) < 4.78 is 0.593. The molecule has 0 bridgehead atoms. The summed E-state index contributed by atoms with van der Waals surface area (Å²) in [4.78, 5) is 37.2. The van der Waals surface area contributed by atoms with Crippen molar-refractivity contribution >= 4 is 22.8 Å². The van der Waals surface area contributed by atoms with Crippen LogP contribution in [0.5, 0.6) is 5.75 Å². The fraction of sp³-hybridized carbons (Fsp3) is 0.0625. The molecule has 0 radical (unpaired) electrons. The van der Waals surface area contributed by atoms with E-state index in [1.807, 2.05) is 0 Å². The Labute approximate surface area is 139 Å². The van der Waals surface area contributed by atoms with Gasteiger partial charge in [0.2, 0.25) is 0 Å². The average molecular weight is 340 g/mol. The molecule has 3 rings (SSSR count). The Balaban J connectivity index is 2.15. The lowest BCUT2D eigenvalue weighted by atomic mass is 10.1. The zero-order valence-electron chi connectivity index (χ0n) is 13.0. The van der Waals surface area contributed by atoms with Gasteiger partial charge in [0.1, 0.15) is 5.75 Å². The maximum Gasteiger partial charge on any atom is 0.349 e. The summed E-state index contributed by atoms with van der Waals surface area (Å²) in [6.07, 6.45) is 1.03. The van der Waals surface area contributed by atoms with Crippen LogP contribution in [-0.2, 0) is 0 Å². The second kappa shape index (κ2) is 6.04. The number of nitrogens with zero attached hydrogens (tertiary/aromatic N) is 3. The number of aryl methyl sites for hydroxylation is 1. The molecule has 9 heteroatoms. The van der Waals surface area contributed by atoms with Crippen LogP contribution in [0.4, 0.5) is 5.69 Å². The molecule has 25 heavy (non-hydrogen) atoms. The highest BCUT2D eigenvalue weighted by atomic mass is 16.6. The zero-order chi connectivity index (χ0) is 18.1. The van der Waals surface area contributed by atoms with Crippen molar-refractivity contribution in [1.29, 1.82) is 0 Å². The van der Waals surface area contributed by atoms with Gasteiger partial charge < -0.3 is 10.1 Å². The van der Waals surface area contributed by atoms with E-state index in [2.05, 4.69) is 10.1 Å². The van der Waals surface area contributed by atoms with Crippen molar-refractivity contribution < 1.29 is 10.0 Å². The number of non-ortho nitro benzene ring substituents is 1. The second-order valence-electron chi connectivity index (χ2n) is 5.29. The minimum atomic E-state index is -0.762. The molecule has 2 N–H and O–H groups in total. The smallest absolute Gasteiger partial charge is 0.349 e. The Bertz CT molecular complexity index is 1140. The molecular formula is C16H12N4O5. The molecule has 0 aliphatic heterocycles. The standard InChI is InChI=1S/C16H12N4O5/c1-9-6-11(20(24)25)7-10(14(9)21)8-17-19-15(22)12-4-2-3-5-13(12)18-16(19)23/h2-8,21H,1H3,(H,18,23)/b17-8+. The van der Waals surface area contributed by atoms with Gasteiger partial charge >= 0.3 is 5.69 Å². The first-order chi connectivity index (χ1) is 11.9. The predicted octanol–water partition coefficient (Wildman–Crippen LogP) is 1.49. The zero-order valence-corrected chi connectivity index (χ0v) is 13.0. The van der Waals surface area contributed by atoms with E-state index in [4.69, 9.17) is 0 Å². The van der Waals surface area contributed by atoms with Crippen molar-refractivity contribution in [2.24, 2.45) is 5.10 Å². The van der Waals surface area contributed by atoms with Crippen LogP contribution in [0.25, 0.3) is 10.9 Å². The Morgan fingerprint density at radius 3 is 2.72 bits per heavy atom. The fourth-order valence-electron chi connectivity index (χ4n) is 2.37. The number of hydrogen-bond donors (Lipinski definition) is 2. The third kappa shape index (κ3) is 2.90. The summed E-state index contributed by atoms with van der Waals surface area (Å²) in [5.74, 6) is -0.223. The first kappa shape index (κ1) is 16.1. The van der Waals surface area contributed by atoms with Gasteiger partial charge in [0.05, 0.1) is 22.0 Å². The van der Waals surface area contributed by atoms with Crippen LogP contribution in [0.3, 0.4) is 0 Å². The largest absolute Gasteiger partial charge is 0.507 e. The van der Waals surface area contributed by atoms with Crippen molar-refractivity contribution in [2.45, 2.75) is 6.92 Å². The van der Waals surface area contributed by atoms with E-state index in [9.17, 15) is 24.8 Å². The van der Waals surface area contributed by atoms with Crippen molar-refractivity contribution in [3.8, 4) is 5.75 Å². The van der Waals surface area contributed by atoms with Gasteiger partial charge in [0.25, 0.3) is 11.2 Å². The van der Waals surface area contributed by atoms with E-state index in [1.165, 1.54) is 19.1 Å². The average Bonchev–Trinajstić information content (AvgIpc) is 2.57. The number of rotatable bonds is 3. The Hall–Kier alpha value is -3.75. The van der Waals surface area contributed by atoms with Crippen LogP contribution in [0.1, 0.15) is 11.1 Å². The molecule has 0 aliphatic carbocycles. The van der Waals surface area contributed by atoms with Crippen LogP contribution in [0, 0.1) is 17.0 Å². The topological polar surface area (TPSA) is 131 Å². The predicted molar refractivity (Wildman–Crippen MR) is 91.3 cm³/mol. The van der Waals surface area contributed by atoms with Gasteiger partial charge in [-0.25, -0.2) is 4.79 Å². The number of aromatic hydroxyl groups is 1. The quantitative estimate of drug-likeness (QED) is 0.424. The molecule has 0 spiro atoms. The highest BCUT2D eigenvalue weighted by molar-refractivity contribution is 5.85. The molecule has 9 nitrogen and oxygen atoms in total. The number of nitro benzene ring substituents is 1. The minimum Gasteiger partial charge on any atom is -0.507 e. The second-order valence-corrected chi connectivity index (χ2v) is 5.29. The van der Waals surface area contributed by atoms with Crippen molar-refractivity contribution in [3.63, 3.8) is 0 Å².